The number of nitrogens with two attached hydrogens (primary N) is 1. The number of aryl methyl sites for hydroxylation is 1. The molecule has 0 unspecified atom stereocenters. The summed E-state index contributed by atoms with van der Waals surface area (Å²) in [5, 5.41) is 3.03. The van der Waals surface area contributed by atoms with Crippen LogP contribution in [0.3, 0.4) is 0 Å². The van der Waals surface area contributed by atoms with Crippen molar-refractivity contribution in [3.63, 3.8) is 0 Å². The molecule has 1 aromatic heterocycles. The molecule has 0 aliphatic rings. The summed E-state index contributed by atoms with van der Waals surface area (Å²) in [6, 6.07) is 1.41. The lowest BCUT2D eigenvalue weighted by molar-refractivity contribution is 0.609. The van der Waals surface area contributed by atoms with Crippen LogP contribution in [0, 0.1) is 0 Å². The Labute approximate surface area is 104 Å². The van der Waals surface area contributed by atoms with Crippen molar-refractivity contribution in [1.29, 1.82) is 0 Å². The summed E-state index contributed by atoms with van der Waals surface area (Å²) >= 11 is 0. The second-order valence-electron chi connectivity index (χ2n) is 2.77. The number of rotatable bonds is 4. The molecule has 1 rings (SSSR count). The monoisotopic (exact) mass is 242 g/mol. The highest BCUT2D eigenvalue weighted by atomic mass is 16.1. The van der Waals surface area contributed by atoms with Crippen LogP contribution in [-0.2, 0) is 6.54 Å². The van der Waals surface area contributed by atoms with Crippen LogP contribution in [0.15, 0.2) is 17.1 Å². The van der Waals surface area contributed by atoms with Gasteiger partial charge in [0, 0.05) is 18.8 Å². The minimum absolute atomic E-state index is 0.281. The van der Waals surface area contributed by atoms with Gasteiger partial charge in [0.2, 0.25) is 5.95 Å². The molecule has 3 N–H and O–H groups in total. The molecule has 0 saturated carbocycles. The standard InChI is InChI=1S/C8H14N4O.2C2H6/c1-10-4-2-5-12-6-3-7(13)11-8(12)9;2*1-2/h3,6,10H,2,4-5H2,1H3,(H2,9,11,13);2*1-2H3. The van der Waals surface area contributed by atoms with E-state index in [1.807, 2.05) is 34.7 Å². The average Bonchev–Trinajstić information content (AvgIpc) is 2.37. The molecule has 0 saturated heterocycles. The van der Waals surface area contributed by atoms with E-state index in [4.69, 9.17) is 5.73 Å². The Morgan fingerprint density at radius 3 is 2.41 bits per heavy atom. The summed E-state index contributed by atoms with van der Waals surface area (Å²) in [4.78, 5) is 14.4. The van der Waals surface area contributed by atoms with Gasteiger partial charge in [0.05, 0.1) is 0 Å². The van der Waals surface area contributed by atoms with Gasteiger partial charge < -0.3 is 15.6 Å². The largest absolute Gasteiger partial charge is 0.369 e. The lowest BCUT2D eigenvalue weighted by atomic mass is 10.4. The zero-order valence-corrected chi connectivity index (χ0v) is 11.7. The fourth-order valence-corrected chi connectivity index (χ4v) is 1.06. The van der Waals surface area contributed by atoms with E-state index in [0.717, 1.165) is 19.5 Å². The molecule has 0 bridgehead atoms. The summed E-state index contributed by atoms with van der Waals surface area (Å²) in [5.41, 5.74) is 5.25. The lowest BCUT2D eigenvalue weighted by Gasteiger charge is -2.07. The molecular weight excluding hydrogens is 216 g/mol. The first-order chi connectivity index (χ1) is 8.24. The smallest absolute Gasteiger partial charge is 0.274 e. The maximum absolute atomic E-state index is 10.8. The van der Waals surface area contributed by atoms with E-state index in [-0.39, 0.29) is 11.5 Å². The van der Waals surface area contributed by atoms with Gasteiger partial charge in [-0.15, -0.1) is 0 Å². The zero-order chi connectivity index (χ0) is 13.7. The Kier molecular flexibility index (Phi) is 13.5. The van der Waals surface area contributed by atoms with Crippen LogP contribution >= 0.6 is 0 Å². The number of nitrogens with one attached hydrogen (secondary N) is 1. The van der Waals surface area contributed by atoms with Crippen molar-refractivity contribution in [3.05, 3.63) is 22.6 Å². The molecule has 0 atom stereocenters. The maximum atomic E-state index is 10.8. The van der Waals surface area contributed by atoms with Gasteiger partial charge in [0.25, 0.3) is 5.56 Å². The quantitative estimate of drug-likeness (QED) is 0.785. The number of nitrogen functional groups attached to an aromatic ring is 1. The zero-order valence-electron chi connectivity index (χ0n) is 11.7. The van der Waals surface area contributed by atoms with Crippen molar-refractivity contribution in [1.82, 2.24) is 14.9 Å². The Morgan fingerprint density at radius 1 is 1.35 bits per heavy atom. The molecule has 0 radical (unpaired) electrons. The molecular formula is C12H26N4O. The summed E-state index contributed by atoms with van der Waals surface area (Å²) in [7, 11) is 1.90. The number of aromatic nitrogens is 2. The molecule has 1 aromatic rings. The highest BCUT2D eigenvalue weighted by Gasteiger charge is 1.96. The summed E-state index contributed by atoms with van der Waals surface area (Å²) < 4.78 is 1.76. The van der Waals surface area contributed by atoms with Crippen molar-refractivity contribution in [2.45, 2.75) is 40.7 Å². The molecule has 0 aromatic carbocycles. The molecule has 1 heterocycles. The normalized spacial score (nSPS) is 8.53. The molecule has 0 spiro atoms. The lowest BCUT2D eigenvalue weighted by Crippen LogP contribution is -2.17. The molecule has 5 nitrogen and oxygen atoms in total. The van der Waals surface area contributed by atoms with Crippen LogP contribution in [0.5, 0.6) is 0 Å². The topological polar surface area (TPSA) is 72.9 Å². The van der Waals surface area contributed by atoms with Crippen LogP contribution in [0.1, 0.15) is 34.1 Å². The van der Waals surface area contributed by atoms with Gasteiger partial charge >= 0.3 is 0 Å². The predicted molar refractivity (Wildman–Crippen MR) is 74.1 cm³/mol. The van der Waals surface area contributed by atoms with Crippen molar-refractivity contribution in [3.8, 4) is 0 Å². The van der Waals surface area contributed by atoms with Gasteiger partial charge in [0.15, 0.2) is 0 Å². The van der Waals surface area contributed by atoms with E-state index < -0.39 is 0 Å². The molecule has 17 heavy (non-hydrogen) atoms. The summed E-state index contributed by atoms with van der Waals surface area (Å²) in [6.07, 6.45) is 2.63. The fraction of sp³-hybridized carbons (Fsp3) is 0.667. The summed E-state index contributed by atoms with van der Waals surface area (Å²) in [6.45, 7) is 9.70. The number of anilines is 1. The van der Waals surface area contributed by atoms with Gasteiger partial charge in [0.1, 0.15) is 0 Å². The third-order valence-electron chi connectivity index (χ3n) is 1.74. The van der Waals surface area contributed by atoms with E-state index in [2.05, 4.69) is 10.3 Å². The predicted octanol–water partition coefficient (Wildman–Crippen LogP) is 1.49. The Hall–Kier alpha value is -1.36. The number of hydrogen-bond donors (Lipinski definition) is 2. The summed E-state index contributed by atoms with van der Waals surface area (Å²) in [5.74, 6) is 0.281. The molecule has 5 heteroatoms. The van der Waals surface area contributed by atoms with Crippen molar-refractivity contribution >= 4 is 5.95 Å². The third-order valence-corrected chi connectivity index (χ3v) is 1.74. The molecule has 0 fully saturated rings. The Balaban J connectivity index is 0. The number of hydrogen-bond acceptors (Lipinski definition) is 4. The first-order valence-electron chi connectivity index (χ1n) is 6.21. The SMILES string of the molecule is CC.CC.CNCCCn1ccc(=O)nc1N. The van der Waals surface area contributed by atoms with Crippen LogP contribution < -0.4 is 16.6 Å². The third kappa shape index (κ3) is 8.45. The average molecular weight is 242 g/mol. The van der Waals surface area contributed by atoms with E-state index >= 15 is 0 Å². The van der Waals surface area contributed by atoms with Gasteiger partial charge in [-0.25, -0.2) is 0 Å². The van der Waals surface area contributed by atoms with Crippen molar-refractivity contribution in [2.75, 3.05) is 19.3 Å². The van der Waals surface area contributed by atoms with Crippen molar-refractivity contribution < 1.29 is 0 Å². The first-order valence-corrected chi connectivity index (χ1v) is 6.21. The van der Waals surface area contributed by atoms with Crippen LogP contribution in [0.2, 0.25) is 0 Å². The van der Waals surface area contributed by atoms with E-state index in [9.17, 15) is 4.79 Å². The van der Waals surface area contributed by atoms with E-state index in [0.29, 0.717) is 0 Å². The molecule has 100 valence electrons. The van der Waals surface area contributed by atoms with Gasteiger partial charge in [-0.2, -0.15) is 4.98 Å². The van der Waals surface area contributed by atoms with Gasteiger partial charge in [-0.05, 0) is 20.0 Å². The van der Waals surface area contributed by atoms with Gasteiger partial charge in [-0.3, -0.25) is 4.79 Å². The van der Waals surface area contributed by atoms with Crippen LogP contribution in [-0.4, -0.2) is 23.1 Å². The minimum atomic E-state index is -0.289. The Bertz CT molecular complexity index is 323. The van der Waals surface area contributed by atoms with Crippen LogP contribution in [0.4, 0.5) is 5.95 Å². The van der Waals surface area contributed by atoms with Crippen molar-refractivity contribution in [2.24, 2.45) is 0 Å². The highest BCUT2D eigenvalue weighted by Crippen LogP contribution is 1.95. The fourth-order valence-electron chi connectivity index (χ4n) is 1.06. The molecule has 0 amide bonds. The van der Waals surface area contributed by atoms with Crippen LogP contribution in [0.25, 0.3) is 0 Å². The van der Waals surface area contributed by atoms with E-state index in [1.54, 1.807) is 10.8 Å². The highest BCUT2D eigenvalue weighted by molar-refractivity contribution is 5.15. The molecule has 0 aliphatic heterocycles. The minimum Gasteiger partial charge on any atom is -0.369 e. The van der Waals surface area contributed by atoms with E-state index in [1.165, 1.54) is 6.07 Å². The second-order valence-corrected chi connectivity index (χ2v) is 2.77. The second kappa shape index (κ2) is 12.7. The van der Waals surface area contributed by atoms with Gasteiger partial charge in [-0.1, -0.05) is 27.7 Å². The maximum Gasteiger partial charge on any atom is 0.274 e. The first kappa shape index (κ1) is 18.0. The number of nitrogens with zero attached hydrogens (tertiary/aromatic N) is 2. The molecule has 0 aliphatic carbocycles. The Morgan fingerprint density at radius 2 is 1.94 bits per heavy atom.